The lowest BCUT2D eigenvalue weighted by atomic mass is 10.2. The second-order valence-electron chi connectivity index (χ2n) is 4.14. The first-order valence-corrected chi connectivity index (χ1v) is 7.86. The number of hydrogen-bond acceptors (Lipinski definition) is 2. The third kappa shape index (κ3) is 3.97. The largest absolute Gasteiger partial charge is 0.491 e. The van der Waals surface area contributed by atoms with Crippen LogP contribution in [0.25, 0.3) is 0 Å². The van der Waals surface area contributed by atoms with E-state index in [2.05, 4.69) is 37.0 Å². The van der Waals surface area contributed by atoms with Gasteiger partial charge in [-0.1, -0.05) is 0 Å². The predicted molar refractivity (Wildman–Crippen MR) is 83.8 cm³/mol. The van der Waals surface area contributed by atoms with Gasteiger partial charge in [-0.2, -0.15) is 5.10 Å². The fourth-order valence-electron chi connectivity index (χ4n) is 1.70. The summed E-state index contributed by atoms with van der Waals surface area (Å²) < 4.78 is 9.41. The van der Waals surface area contributed by atoms with E-state index in [0.717, 1.165) is 32.2 Å². The summed E-state index contributed by atoms with van der Waals surface area (Å²) in [5.74, 6) is 1.28. The third-order valence-electron chi connectivity index (χ3n) is 2.61. The quantitative estimate of drug-likeness (QED) is 0.690. The van der Waals surface area contributed by atoms with Gasteiger partial charge in [0.1, 0.15) is 5.75 Å². The topological polar surface area (TPSA) is 27.1 Å². The molecule has 1 heterocycles. The summed E-state index contributed by atoms with van der Waals surface area (Å²) in [4.78, 5) is 0. The molecule has 2 rings (SSSR count). The number of nitrogens with zero attached hydrogens (tertiary/aromatic N) is 2. The molecule has 102 valence electrons. The molecule has 0 unspecified atom stereocenters. The molecule has 0 fully saturated rings. The summed E-state index contributed by atoms with van der Waals surface area (Å²) in [7, 11) is 1.91. The molecule has 0 radical (unpaired) electrons. The second-order valence-corrected chi connectivity index (χ2v) is 6.12. The van der Waals surface area contributed by atoms with Gasteiger partial charge in [0.2, 0.25) is 0 Å². The summed E-state index contributed by atoms with van der Waals surface area (Å²) in [6, 6.07) is 3.94. The van der Waals surface area contributed by atoms with Crippen molar-refractivity contribution in [2.45, 2.75) is 12.3 Å². The number of aryl methyl sites for hydroxylation is 1. The van der Waals surface area contributed by atoms with Crippen molar-refractivity contribution in [3.05, 3.63) is 44.6 Å². The summed E-state index contributed by atoms with van der Waals surface area (Å²) in [6.07, 6.45) is 4.66. The molecule has 0 spiro atoms. The maximum absolute atomic E-state index is 5.82. The average Bonchev–Trinajstić information content (AvgIpc) is 2.78. The van der Waals surface area contributed by atoms with Crippen molar-refractivity contribution in [1.29, 1.82) is 0 Å². The SMILES string of the molecule is Cn1cc(CCOc2c(Br)cc(CCl)cc2Br)cn1. The van der Waals surface area contributed by atoms with Crippen LogP contribution in [0.3, 0.4) is 0 Å². The summed E-state index contributed by atoms with van der Waals surface area (Å²) in [5.41, 5.74) is 2.20. The molecule has 2 aromatic rings. The smallest absolute Gasteiger partial charge is 0.147 e. The Labute approximate surface area is 134 Å². The van der Waals surface area contributed by atoms with Crippen LogP contribution in [-0.4, -0.2) is 16.4 Å². The Hall–Kier alpha value is -0.520. The average molecular weight is 409 g/mol. The summed E-state index contributed by atoms with van der Waals surface area (Å²) in [5, 5.41) is 4.13. The van der Waals surface area contributed by atoms with Gasteiger partial charge in [-0.05, 0) is 55.1 Å². The molecule has 6 heteroatoms. The lowest BCUT2D eigenvalue weighted by Crippen LogP contribution is -2.02. The molecule has 1 aromatic carbocycles. The Morgan fingerprint density at radius 3 is 2.47 bits per heavy atom. The first kappa shape index (κ1) is 14.9. The van der Waals surface area contributed by atoms with E-state index in [1.54, 1.807) is 4.68 Å². The number of alkyl halides is 1. The normalized spacial score (nSPS) is 10.7. The van der Waals surface area contributed by atoms with E-state index >= 15 is 0 Å². The number of benzene rings is 1. The Balaban J connectivity index is 1.99. The van der Waals surface area contributed by atoms with Gasteiger partial charge in [0.05, 0.1) is 21.7 Å². The number of rotatable bonds is 5. The van der Waals surface area contributed by atoms with Gasteiger partial charge >= 0.3 is 0 Å². The van der Waals surface area contributed by atoms with Crippen LogP contribution in [0.1, 0.15) is 11.1 Å². The highest BCUT2D eigenvalue weighted by Crippen LogP contribution is 2.35. The van der Waals surface area contributed by atoms with E-state index in [4.69, 9.17) is 16.3 Å². The number of halogens is 3. The van der Waals surface area contributed by atoms with E-state index in [9.17, 15) is 0 Å². The maximum atomic E-state index is 5.82. The van der Waals surface area contributed by atoms with E-state index in [1.807, 2.05) is 31.6 Å². The van der Waals surface area contributed by atoms with Crippen LogP contribution in [0, 0.1) is 0 Å². The van der Waals surface area contributed by atoms with Crippen molar-refractivity contribution in [3.63, 3.8) is 0 Å². The molecule has 0 saturated heterocycles. The molecule has 0 N–H and O–H groups in total. The minimum atomic E-state index is 0.479. The molecule has 0 atom stereocenters. The molecule has 0 aliphatic heterocycles. The van der Waals surface area contributed by atoms with Crippen LogP contribution < -0.4 is 4.74 Å². The minimum Gasteiger partial charge on any atom is -0.491 e. The van der Waals surface area contributed by atoms with Crippen molar-refractivity contribution < 1.29 is 4.74 Å². The monoisotopic (exact) mass is 406 g/mol. The molecular weight excluding hydrogens is 395 g/mol. The van der Waals surface area contributed by atoms with Gasteiger partial charge in [0.25, 0.3) is 0 Å². The van der Waals surface area contributed by atoms with Crippen LogP contribution >= 0.6 is 43.5 Å². The highest BCUT2D eigenvalue weighted by atomic mass is 79.9. The molecule has 0 saturated carbocycles. The van der Waals surface area contributed by atoms with Gasteiger partial charge in [0.15, 0.2) is 0 Å². The van der Waals surface area contributed by atoms with Gasteiger partial charge in [-0.3, -0.25) is 4.68 Å². The lowest BCUT2D eigenvalue weighted by Gasteiger charge is -2.11. The zero-order valence-corrected chi connectivity index (χ0v) is 14.3. The zero-order chi connectivity index (χ0) is 13.8. The fourth-order valence-corrected chi connectivity index (χ4v) is 3.36. The first-order chi connectivity index (χ1) is 9.10. The Kier molecular flexibility index (Phi) is 5.30. The number of hydrogen-bond donors (Lipinski definition) is 0. The molecular formula is C13H13Br2ClN2O. The van der Waals surface area contributed by atoms with Gasteiger partial charge in [-0.15, -0.1) is 11.6 Å². The van der Waals surface area contributed by atoms with Crippen molar-refractivity contribution in [3.8, 4) is 5.75 Å². The standard InChI is InChI=1S/C13H13Br2ClN2O/c1-18-8-9(7-17-18)2-3-19-13-11(14)4-10(6-16)5-12(13)15/h4-5,7-8H,2-3,6H2,1H3. The molecule has 0 aliphatic carbocycles. The predicted octanol–water partition coefficient (Wildman–Crippen LogP) is 4.31. The summed E-state index contributed by atoms with van der Waals surface area (Å²) >= 11 is 12.8. The van der Waals surface area contributed by atoms with Crippen LogP contribution in [0.15, 0.2) is 33.5 Å². The lowest BCUT2D eigenvalue weighted by molar-refractivity contribution is 0.318. The van der Waals surface area contributed by atoms with Crippen LogP contribution in [0.2, 0.25) is 0 Å². The van der Waals surface area contributed by atoms with Gasteiger partial charge in [0, 0.05) is 25.5 Å². The Morgan fingerprint density at radius 2 is 1.95 bits per heavy atom. The van der Waals surface area contributed by atoms with Crippen LogP contribution in [0.4, 0.5) is 0 Å². The van der Waals surface area contributed by atoms with Gasteiger partial charge < -0.3 is 4.74 Å². The number of aromatic nitrogens is 2. The van der Waals surface area contributed by atoms with Crippen LogP contribution in [-0.2, 0) is 19.3 Å². The van der Waals surface area contributed by atoms with E-state index in [1.165, 1.54) is 0 Å². The van der Waals surface area contributed by atoms with Crippen molar-refractivity contribution >= 4 is 43.5 Å². The van der Waals surface area contributed by atoms with E-state index < -0.39 is 0 Å². The highest BCUT2D eigenvalue weighted by molar-refractivity contribution is 9.11. The Bertz CT molecular complexity index is 549. The Morgan fingerprint density at radius 1 is 1.26 bits per heavy atom. The molecule has 19 heavy (non-hydrogen) atoms. The molecule has 0 bridgehead atoms. The minimum absolute atomic E-state index is 0.479. The summed E-state index contributed by atoms with van der Waals surface area (Å²) in [6.45, 7) is 0.600. The van der Waals surface area contributed by atoms with Crippen molar-refractivity contribution in [1.82, 2.24) is 9.78 Å². The van der Waals surface area contributed by atoms with Gasteiger partial charge in [-0.25, -0.2) is 0 Å². The second kappa shape index (κ2) is 6.77. The molecule has 3 nitrogen and oxygen atoms in total. The fraction of sp³-hybridized carbons (Fsp3) is 0.308. The van der Waals surface area contributed by atoms with E-state index in [-0.39, 0.29) is 0 Å². The first-order valence-electron chi connectivity index (χ1n) is 5.74. The maximum Gasteiger partial charge on any atom is 0.147 e. The van der Waals surface area contributed by atoms with Crippen molar-refractivity contribution in [2.24, 2.45) is 7.05 Å². The third-order valence-corrected chi connectivity index (χ3v) is 4.09. The molecule has 0 amide bonds. The highest BCUT2D eigenvalue weighted by Gasteiger charge is 2.09. The zero-order valence-electron chi connectivity index (χ0n) is 10.4. The molecule has 0 aliphatic rings. The van der Waals surface area contributed by atoms with E-state index in [0.29, 0.717) is 12.5 Å². The van der Waals surface area contributed by atoms with Crippen molar-refractivity contribution in [2.75, 3.05) is 6.61 Å². The number of ether oxygens (including phenoxy) is 1. The molecule has 1 aromatic heterocycles. The van der Waals surface area contributed by atoms with Crippen LogP contribution in [0.5, 0.6) is 5.75 Å².